The zero-order valence-electron chi connectivity index (χ0n) is 10.9. The van der Waals surface area contributed by atoms with E-state index in [9.17, 15) is 8.42 Å². The number of rotatable bonds is 5. The van der Waals surface area contributed by atoms with Crippen LogP contribution in [0.2, 0.25) is 5.02 Å². The van der Waals surface area contributed by atoms with E-state index in [2.05, 4.69) is 4.72 Å². The average Bonchev–Trinajstić information content (AvgIpc) is 2.81. The van der Waals surface area contributed by atoms with Crippen LogP contribution in [-0.4, -0.2) is 20.5 Å². The molecule has 112 valence electrons. The fourth-order valence-electron chi connectivity index (χ4n) is 1.55. The maximum Gasteiger partial charge on any atom is 0.261 e. The van der Waals surface area contributed by atoms with Crippen LogP contribution in [0.3, 0.4) is 0 Å². The summed E-state index contributed by atoms with van der Waals surface area (Å²) in [5, 5.41) is 7.89. The lowest BCUT2D eigenvalue weighted by molar-refractivity contribution is 0.601. The van der Waals surface area contributed by atoms with Gasteiger partial charge < -0.3 is 5.73 Å². The molecule has 2 aromatic rings. The van der Waals surface area contributed by atoms with Gasteiger partial charge in [0, 0.05) is 5.02 Å². The van der Waals surface area contributed by atoms with Crippen LogP contribution in [0.5, 0.6) is 0 Å². The number of benzene rings is 1. The average molecular weight is 362 g/mol. The Kier molecular flexibility index (Phi) is 4.82. The van der Waals surface area contributed by atoms with Crippen LogP contribution in [0.15, 0.2) is 39.4 Å². The van der Waals surface area contributed by atoms with E-state index in [1.165, 1.54) is 47.4 Å². The van der Waals surface area contributed by atoms with Crippen molar-refractivity contribution in [3.8, 4) is 0 Å². The Hall–Kier alpha value is -1.22. The first-order valence-corrected chi connectivity index (χ1v) is 9.54. The van der Waals surface area contributed by atoms with E-state index in [0.29, 0.717) is 15.6 Å². The van der Waals surface area contributed by atoms with Crippen LogP contribution in [0, 0.1) is 5.41 Å². The monoisotopic (exact) mass is 361 g/mol. The molecule has 0 spiro atoms. The smallest absolute Gasteiger partial charge is 0.261 e. The van der Waals surface area contributed by atoms with Crippen molar-refractivity contribution < 1.29 is 8.42 Å². The summed E-state index contributed by atoms with van der Waals surface area (Å²) in [6.07, 6.45) is 1.83. The van der Waals surface area contributed by atoms with E-state index in [-0.39, 0.29) is 10.7 Å². The molecule has 5 nitrogen and oxygen atoms in total. The standard InChI is InChI=1S/C12H12ClN3O2S3/c1-19-12-9(6-10(20-12)11(14)15)16-21(17,18)8-4-2-7(13)3-5-8/h2-6,16H,1H3,(H3,14,15). The molecule has 0 atom stereocenters. The highest BCUT2D eigenvalue weighted by molar-refractivity contribution is 8.00. The third-order valence-electron chi connectivity index (χ3n) is 2.52. The Balaban J connectivity index is 2.36. The number of sulfonamides is 1. The summed E-state index contributed by atoms with van der Waals surface area (Å²) >= 11 is 8.41. The van der Waals surface area contributed by atoms with E-state index in [1.54, 1.807) is 6.07 Å². The maximum atomic E-state index is 12.3. The first-order chi connectivity index (χ1) is 9.83. The molecular formula is C12H12ClN3O2S3. The number of anilines is 1. The van der Waals surface area contributed by atoms with Crippen molar-refractivity contribution in [2.24, 2.45) is 5.73 Å². The lowest BCUT2D eigenvalue weighted by Crippen LogP contribution is -2.13. The van der Waals surface area contributed by atoms with E-state index in [4.69, 9.17) is 22.7 Å². The van der Waals surface area contributed by atoms with Crippen molar-refractivity contribution in [1.29, 1.82) is 5.41 Å². The number of halogens is 1. The van der Waals surface area contributed by atoms with Crippen LogP contribution >= 0.6 is 34.7 Å². The fraction of sp³-hybridized carbons (Fsp3) is 0.0833. The topological polar surface area (TPSA) is 96.0 Å². The Morgan fingerprint density at radius 2 is 2.00 bits per heavy atom. The Labute approximate surface area is 136 Å². The van der Waals surface area contributed by atoms with Crippen molar-refractivity contribution in [3.05, 3.63) is 40.2 Å². The molecule has 0 amide bonds. The molecule has 0 saturated carbocycles. The van der Waals surface area contributed by atoms with Gasteiger partial charge in [-0.25, -0.2) is 8.42 Å². The molecule has 0 unspecified atom stereocenters. The zero-order valence-corrected chi connectivity index (χ0v) is 14.1. The number of nitrogen functional groups attached to an aromatic ring is 1. The molecule has 0 aliphatic heterocycles. The minimum absolute atomic E-state index is 0.0905. The summed E-state index contributed by atoms with van der Waals surface area (Å²) in [6, 6.07) is 7.45. The molecule has 9 heteroatoms. The van der Waals surface area contributed by atoms with Gasteiger partial charge in [-0.1, -0.05) is 11.6 Å². The number of hydrogen-bond acceptors (Lipinski definition) is 5. The number of nitrogens with one attached hydrogen (secondary N) is 2. The summed E-state index contributed by atoms with van der Waals surface area (Å²) in [7, 11) is -3.70. The first kappa shape index (κ1) is 16.2. The van der Waals surface area contributed by atoms with E-state index < -0.39 is 10.0 Å². The van der Waals surface area contributed by atoms with Gasteiger partial charge >= 0.3 is 0 Å². The normalized spacial score (nSPS) is 11.3. The Morgan fingerprint density at radius 3 is 2.52 bits per heavy atom. The van der Waals surface area contributed by atoms with Gasteiger partial charge in [0.05, 0.1) is 19.7 Å². The number of hydrogen-bond donors (Lipinski definition) is 3. The number of amidine groups is 1. The lowest BCUT2D eigenvalue weighted by atomic mass is 10.4. The van der Waals surface area contributed by atoms with Crippen molar-refractivity contribution in [1.82, 2.24) is 0 Å². The van der Waals surface area contributed by atoms with Gasteiger partial charge in [-0.3, -0.25) is 10.1 Å². The molecule has 1 aromatic heterocycles. The molecule has 0 aliphatic carbocycles. The summed E-state index contributed by atoms with van der Waals surface area (Å²) in [5.74, 6) is -0.0905. The summed E-state index contributed by atoms with van der Waals surface area (Å²) < 4.78 is 27.9. The van der Waals surface area contributed by atoms with Crippen molar-refractivity contribution in [2.45, 2.75) is 9.10 Å². The zero-order chi connectivity index (χ0) is 15.6. The Morgan fingerprint density at radius 1 is 1.38 bits per heavy atom. The van der Waals surface area contributed by atoms with Gasteiger partial charge in [-0.05, 0) is 36.6 Å². The van der Waals surface area contributed by atoms with Gasteiger partial charge in [-0.15, -0.1) is 23.1 Å². The molecule has 4 N–H and O–H groups in total. The molecule has 0 aliphatic rings. The highest BCUT2D eigenvalue weighted by Gasteiger charge is 2.18. The fourth-order valence-corrected chi connectivity index (χ4v) is 4.50. The highest BCUT2D eigenvalue weighted by atomic mass is 35.5. The van der Waals surface area contributed by atoms with Crippen molar-refractivity contribution >= 4 is 56.2 Å². The third kappa shape index (κ3) is 3.70. The summed E-state index contributed by atoms with van der Waals surface area (Å²) in [5.41, 5.74) is 5.86. The quantitative estimate of drug-likeness (QED) is 0.433. The molecule has 1 heterocycles. The Bertz CT molecular complexity index is 770. The largest absolute Gasteiger partial charge is 0.383 e. The van der Waals surface area contributed by atoms with Crippen molar-refractivity contribution in [3.63, 3.8) is 0 Å². The predicted octanol–water partition coefficient (Wildman–Crippen LogP) is 3.21. The second kappa shape index (κ2) is 6.27. The van der Waals surface area contributed by atoms with E-state index in [1.807, 2.05) is 6.26 Å². The van der Waals surface area contributed by atoms with Gasteiger partial charge in [0.15, 0.2) is 0 Å². The second-order valence-electron chi connectivity index (χ2n) is 3.99. The molecule has 0 fully saturated rings. The molecule has 2 rings (SSSR count). The molecule has 0 radical (unpaired) electrons. The molecule has 1 aromatic carbocycles. The van der Waals surface area contributed by atoms with Gasteiger partial charge in [0.2, 0.25) is 0 Å². The van der Waals surface area contributed by atoms with E-state index >= 15 is 0 Å². The van der Waals surface area contributed by atoms with Crippen LogP contribution in [0.1, 0.15) is 4.88 Å². The maximum absolute atomic E-state index is 12.3. The molecule has 0 bridgehead atoms. The van der Waals surface area contributed by atoms with Crippen LogP contribution in [0.4, 0.5) is 5.69 Å². The van der Waals surface area contributed by atoms with Crippen molar-refractivity contribution in [2.75, 3.05) is 11.0 Å². The third-order valence-corrected chi connectivity index (χ3v) is 6.45. The SMILES string of the molecule is CSc1sc(C(=N)N)cc1NS(=O)(=O)c1ccc(Cl)cc1. The number of thiophene rings is 1. The van der Waals surface area contributed by atoms with E-state index in [0.717, 1.165) is 4.21 Å². The molecule has 0 saturated heterocycles. The summed E-state index contributed by atoms with van der Waals surface area (Å²) in [6.45, 7) is 0. The van der Waals surface area contributed by atoms with Crippen LogP contribution in [0.25, 0.3) is 0 Å². The number of thioether (sulfide) groups is 1. The van der Waals surface area contributed by atoms with Crippen LogP contribution in [-0.2, 0) is 10.0 Å². The summed E-state index contributed by atoms with van der Waals surface area (Å²) in [4.78, 5) is 0.641. The minimum Gasteiger partial charge on any atom is -0.383 e. The van der Waals surface area contributed by atoms with Crippen LogP contribution < -0.4 is 10.5 Å². The first-order valence-electron chi connectivity index (χ1n) is 5.64. The molecular weight excluding hydrogens is 350 g/mol. The number of nitrogens with two attached hydrogens (primary N) is 1. The highest BCUT2D eigenvalue weighted by Crippen LogP contribution is 2.35. The van der Waals surface area contributed by atoms with Gasteiger partial charge in [0.1, 0.15) is 5.84 Å². The van der Waals surface area contributed by atoms with Gasteiger partial charge in [0.25, 0.3) is 10.0 Å². The minimum atomic E-state index is -3.70. The molecule has 21 heavy (non-hydrogen) atoms. The second-order valence-corrected chi connectivity index (χ2v) is 8.23. The van der Waals surface area contributed by atoms with Gasteiger partial charge in [-0.2, -0.15) is 0 Å². The predicted molar refractivity (Wildman–Crippen MR) is 89.4 cm³/mol. The lowest BCUT2D eigenvalue weighted by Gasteiger charge is -2.07.